The van der Waals surface area contributed by atoms with Crippen LogP contribution in [0.3, 0.4) is 0 Å². The maximum Gasteiger partial charge on any atom is 0.293 e. The van der Waals surface area contributed by atoms with Crippen molar-refractivity contribution in [2.75, 3.05) is 11.1 Å². The Morgan fingerprint density at radius 1 is 1.38 bits per heavy atom. The summed E-state index contributed by atoms with van der Waals surface area (Å²) in [7, 11) is 0. The zero-order chi connectivity index (χ0) is 15.4. The molecule has 0 bridgehead atoms. The van der Waals surface area contributed by atoms with Crippen LogP contribution in [0.25, 0.3) is 0 Å². The molecule has 0 aliphatic heterocycles. The number of aryl methyl sites for hydroxylation is 1. The summed E-state index contributed by atoms with van der Waals surface area (Å²) in [5.74, 6) is 0.193. The molecule has 0 saturated heterocycles. The van der Waals surface area contributed by atoms with E-state index in [4.69, 9.17) is 0 Å². The van der Waals surface area contributed by atoms with Gasteiger partial charge in [-0.2, -0.15) is 0 Å². The summed E-state index contributed by atoms with van der Waals surface area (Å²) < 4.78 is 0. The summed E-state index contributed by atoms with van der Waals surface area (Å²) in [6, 6.07) is 3.15. The first-order chi connectivity index (χ1) is 9.99. The Hall–Kier alpha value is -1.56. The van der Waals surface area contributed by atoms with Crippen molar-refractivity contribution in [3.63, 3.8) is 0 Å². The molecule has 1 amide bonds. The van der Waals surface area contributed by atoms with Crippen LogP contribution in [0, 0.1) is 24.0 Å². The summed E-state index contributed by atoms with van der Waals surface area (Å²) in [5.41, 5.74) is 1.97. The van der Waals surface area contributed by atoms with E-state index in [1.807, 2.05) is 6.92 Å². The van der Waals surface area contributed by atoms with Crippen LogP contribution in [0.4, 0.5) is 11.4 Å². The third-order valence-electron chi connectivity index (χ3n) is 3.93. The molecular weight excluding hydrogens is 288 g/mol. The molecule has 21 heavy (non-hydrogen) atoms. The maximum atomic E-state index is 12.1. The Morgan fingerprint density at radius 2 is 2.05 bits per heavy atom. The lowest BCUT2D eigenvalue weighted by molar-refractivity contribution is -0.384. The van der Waals surface area contributed by atoms with Gasteiger partial charge in [-0.15, -0.1) is 11.8 Å². The van der Waals surface area contributed by atoms with Crippen molar-refractivity contribution in [2.45, 2.75) is 44.8 Å². The van der Waals surface area contributed by atoms with E-state index in [-0.39, 0.29) is 11.6 Å². The average molecular weight is 308 g/mol. The first-order valence-corrected chi connectivity index (χ1v) is 8.20. The number of nitro groups is 1. The van der Waals surface area contributed by atoms with E-state index in [9.17, 15) is 14.9 Å². The maximum absolute atomic E-state index is 12.1. The molecule has 1 aliphatic carbocycles. The Kier molecular flexibility index (Phi) is 5.22. The minimum absolute atomic E-state index is 0.0442. The van der Waals surface area contributed by atoms with E-state index in [1.165, 1.54) is 31.7 Å². The normalized spacial score (nSPS) is 15.1. The van der Waals surface area contributed by atoms with Crippen LogP contribution in [0.15, 0.2) is 12.1 Å². The molecule has 0 radical (unpaired) electrons. The topological polar surface area (TPSA) is 72.2 Å². The molecule has 1 saturated carbocycles. The number of benzene rings is 1. The monoisotopic (exact) mass is 308 g/mol. The van der Waals surface area contributed by atoms with Crippen LogP contribution < -0.4 is 5.32 Å². The van der Waals surface area contributed by atoms with Gasteiger partial charge >= 0.3 is 0 Å². The van der Waals surface area contributed by atoms with Crippen molar-refractivity contribution < 1.29 is 9.72 Å². The van der Waals surface area contributed by atoms with E-state index >= 15 is 0 Å². The van der Waals surface area contributed by atoms with E-state index in [0.717, 1.165) is 11.1 Å². The molecule has 6 heteroatoms. The number of carbonyl (C=O) groups is 1. The predicted octanol–water partition coefficient (Wildman–Crippen LogP) is 3.83. The Labute approximate surface area is 128 Å². The van der Waals surface area contributed by atoms with Crippen LogP contribution in [0.5, 0.6) is 0 Å². The van der Waals surface area contributed by atoms with Crippen molar-refractivity contribution in [3.8, 4) is 0 Å². The minimum atomic E-state index is -0.452. The highest BCUT2D eigenvalue weighted by Gasteiger charge is 2.21. The number of anilines is 1. The molecule has 5 nitrogen and oxygen atoms in total. The zero-order valence-electron chi connectivity index (χ0n) is 12.3. The first kappa shape index (κ1) is 15.8. The van der Waals surface area contributed by atoms with Gasteiger partial charge in [0.15, 0.2) is 0 Å². The molecule has 1 N–H and O–H groups in total. The Balaban J connectivity index is 2.05. The second-order valence-corrected chi connectivity index (χ2v) is 6.71. The molecule has 0 atom stereocenters. The number of nitrogens with one attached hydrogen (secondary N) is 1. The van der Waals surface area contributed by atoms with E-state index in [1.54, 1.807) is 24.8 Å². The van der Waals surface area contributed by atoms with Crippen molar-refractivity contribution >= 4 is 29.0 Å². The molecule has 0 unspecified atom stereocenters. The van der Waals surface area contributed by atoms with Gasteiger partial charge in [0.05, 0.1) is 10.7 Å². The van der Waals surface area contributed by atoms with Gasteiger partial charge < -0.3 is 5.32 Å². The van der Waals surface area contributed by atoms with E-state index < -0.39 is 4.92 Å². The molecule has 0 spiro atoms. The van der Waals surface area contributed by atoms with Crippen molar-refractivity contribution in [3.05, 3.63) is 33.4 Å². The van der Waals surface area contributed by atoms with Gasteiger partial charge in [-0.1, -0.05) is 18.9 Å². The summed E-state index contributed by atoms with van der Waals surface area (Å²) >= 11 is 1.65. The Morgan fingerprint density at radius 3 is 2.67 bits per heavy atom. The highest BCUT2D eigenvalue weighted by Crippen LogP contribution is 2.32. The van der Waals surface area contributed by atoms with Gasteiger partial charge in [-0.25, -0.2) is 0 Å². The summed E-state index contributed by atoms with van der Waals surface area (Å²) in [5, 5.41) is 14.4. The second-order valence-electron chi connectivity index (χ2n) is 5.42. The third kappa shape index (κ3) is 3.97. The fourth-order valence-corrected chi connectivity index (χ4v) is 3.66. The van der Waals surface area contributed by atoms with E-state index in [2.05, 4.69) is 5.32 Å². The molecule has 114 valence electrons. The number of hydrogen-bond acceptors (Lipinski definition) is 4. The predicted molar refractivity (Wildman–Crippen MR) is 85.9 cm³/mol. The number of nitro benzene ring substituents is 1. The van der Waals surface area contributed by atoms with Crippen LogP contribution in [0.1, 0.15) is 36.8 Å². The number of amides is 1. The quantitative estimate of drug-likeness (QED) is 0.663. The van der Waals surface area contributed by atoms with E-state index in [0.29, 0.717) is 16.7 Å². The molecule has 1 aliphatic rings. The van der Waals surface area contributed by atoms with Gasteiger partial charge in [0.25, 0.3) is 5.69 Å². The number of thioether (sulfide) groups is 1. The largest absolute Gasteiger partial charge is 0.319 e. The fourth-order valence-electron chi connectivity index (χ4n) is 2.54. The lowest BCUT2D eigenvalue weighted by atomic mass is 10.1. The highest BCUT2D eigenvalue weighted by atomic mass is 32.2. The number of carbonyl (C=O) groups excluding carboxylic acids is 1. The number of nitrogens with zero attached hydrogens (tertiary/aromatic N) is 1. The highest BCUT2D eigenvalue weighted by molar-refractivity contribution is 8.00. The smallest absolute Gasteiger partial charge is 0.293 e. The van der Waals surface area contributed by atoms with Gasteiger partial charge in [-0.05, 0) is 37.8 Å². The summed E-state index contributed by atoms with van der Waals surface area (Å²) in [6.45, 7) is 3.67. The van der Waals surface area contributed by atoms with Gasteiger partial charge in [-0.3, -0.25) is 14.9 Å². The molecule has 1 aromatic rings. The minimum Gasteiger partial charge on any atom is -0.319 e. The van der Waals surface area contributed by atoms with Crippen molar-refractivity contribution in [1.82, 2.24) is 0 Å². The van der Waals surface area contributed by atoms with Gasteiger partial charge in [0.1, 0.15) is 5.69 Å². The standard InChI is InChI=1S/C15H20N2O3S/c1-10-7-8-13(17(19)20)15(11(10)2)16-14(18)9-21-12-5-3-4-6-12/h7-8,12H,3-6,9H2,1-2H3,(H,16,18). The first-order valence-electron chi connectivity index (χ1n) is 7.15. The van der Waals surface area contributed by atoms with Gasteiger partial charge in [0, 0.05) is 11.3 Å². The molecule has 0 aromatic heterocycles. The Bertz CT molecular complexity index is 554. The molecule has 1 aromatic carbocycles. The average Bonchev–Trinajstić information content (AvgIpc) is 2.94. The second kappa shape index (κ2) is 6.93. The lowest BCUT2D eigenvalue weighted by Crippen LogP contribution is -2.17. The van der Waals surface area contributed by atoms with Crippen molar-refractivity contribution in [1.29, 1.82) is 0 Å². The van der Waals surface area contributed by atoms with Crippen LogP contribution in [0.2, 0.25) is 0 Å². The summed E-state index contributed by atoms with van der Waals surface area (Å²) in [6.07, 6.45) is 4.81. The lowest BCUT2D eigenvalue weighted by Gasteiger charge is -2.12. The van der Waals surface area contributed by atoms with Crippen molar-refractivity contribution in [2.24, 2.45) is 0 Å². The van der Waals surface area contributed by atoms with Crippen LogP contribution >= 0.6 is 11.8 Å². The van der Waals surface area contributed by atoms with Crippen LogP contribution in [-0.4, -0.2) is 21.8 Å². The zero-order valence-corrected chi connectivity index (χ0v) is 13.2. The molecule has 0 heterocycles. The van der Waals surface area contributed by atoms with Gasteiger partial charge in [0.2, 0.25) is 5.91 Å². The number of hydrogen-bond donors (Lipinski definition) is 1. The SMILES string of the molecule is Cc1ccc([N+](=O)[O-])c(NC(=O)CSC2CCCC2)c1C. The number of rotatable bonds is 5. The molecule has 1 fully saturated rings. The molecule has 2 rings (SSSR count). The van der Waals surface area contributed by atoms with Crippen LogP contribution in [-0.2, 0) is 4.79 Å². The summed E-state index contributed by atoms with van der Waals surface area (Å²) in [4.78, 5) is 22.7. The fraction of sp³-hybridized carbons (Fsp3) is 0.533. The molecular formula is C15H20N2O3S. The third-order valence-corrected chi connectivity index (χ3v) is 5.30.